The van der Waals surface area contributed by atoms with Crippen LogP contribution < -0.4 is 10.1 Å². The molecule has 1 aliphatic rings. The van der Waals surface area contributed by atoms with Gasteiger partial charge in [-0.2, -0.15) is 0 Å². The first-order chi connectivity index (χ1) is 13.9. The van der Waals surface area contributed by atoms with Gasteiger partial charge in [0, 0.05) is 18.5 Å². The predicted molar refractivity (Wildman–Crippen MR) is 104 cm³/mol. The summed E-state index contributed by atoms with van der Waals surface area (Å²) in [5.74, 6) is -0.267. The van der Waals surface area contributed by atoms with Crippen LogP contribution >= 0.6 is 11.6 Å². The van der Waals surface area contributed by atoms with Crippen LogP contribution in [0, 0.1) is 0 Å². The van der Waals surface area contributed by atoms with Gasteiger partial charge < -0.3 is 14.8 Å². The van der Waals surface area contributed by atoms with Gasteiger partial charge in [-0.1, -0.05) is 41.9 Å². The van der Waals surface area contributed by atoms with Gasteiger partial charge in [-0.05, 0) is 36.2 Å². The second-order valence-electron chi connectivity index (χ2n) is 6.79. The van der Waals surface area contributed by atoms with Crippen LogP contribution in [0.15, 0.2) is 54.6 Å². The zero-order valence-electron chi connectivity index (χ0n) is 15.2. The minimum absolute atomic E-state index is 0.120. The molecule has 4 rings (SSSR count). The summed E-state index contributed by atoms with van der Waals surface area (Å²) in [6, 6.07) is 14.8. The highest BCUT2D eigenvalue weighted by molar-refractivity contribution is 6.35. The van der Waals surface area contributed by atoms with E-state index in [0.29, 0.717) is 17.1 Å². The van der Waals surface area contributed by atoms with E-state index in [1.54, 1.807) is 18.2 Å². The number of nitrogens with one attached hydrogen (secondary N) is 1. The van der Waals surface area contributed by atoms with Crippen LogP contribution in [0.4, 0.5) is 13.2 Å². The molecule has 0 spiro atoms. The van der Waals surface area contributed by atoms with Gasteiger partial charge in [0.1, 0.15) is 5.75 Å². The third kappa shape index (κ3) is 4.80. The highest BCUT2D eigenvalue weighted by Crippen LogP contribution is 2.29. The maximum atomic E-state index is 12.4. The Balaban J connectivity index is 1.65. The maximum absolute atomic E-state index is 12.4. The molecule has 1 N–H and O–H groups in total. The summed E-state index contributed by atoms with van der Waals surface area (Å²) in [6.07, 6.45) is -3.64. The molecule has 1 saturated heterocycles. The Morgan fingerprint density at radius 3 is 2.55 bits per heavy atom. The molecule has 0 bridgehead atoms. The Labute approximate surface area is 170 Å². The van der Waals surface area contributed by atoms with Crippen molar-refractivity contribution in [1.29, 1.82) is 0 Å². The van der Waals surface area contributed by atoms with Gasteiger partial charge >= 0.3 is 6.36 Å². The van der Waals surface area contributed by atoms with Gasteiger partial charge in [-0.3, -0.25) is 0 Å². The van der Waals surface area contributed by atoms with Gasteiger partial charge in [0.25, 0.3) is 0 Å². The number of nitrogens with zero attached hydrogens (tertiary/aromatic N) is 1. The third-order valence-corrected chi connectivity index (χ3v) is 5.08. The summed E-state index contributed by atoms with van der Waals surface area (Å²) < 4.78 is 46.7. The number of para-hydroxylation sites is 1. The molecule has 29 heavy (non-hydrogen) atoms. The Morgan fingerprint density at radius 2 is 1.90 bits per heavy atom. The van der Waals surface area contributed by atoms with Crippen molar-refractivity contribution in [3.05, 3.63) is 70.9 Å². The highest BCUT2D eigenvalue weighted by Gasteiger charge is 2.31. The lowest BCUT2D eigenvalue weighted by molar-refractivity contribution is -0.274. The smallest absolute Gasteiger partial charge is 0.406 e. The van der Waals surface area contributed by atoms with Crippen molar-refractivity contribution in [2.75, 3.05) is 13.2 Å². The minimum Gasteiger partial charge on any atom is -0.406 e. The third-order valence-electron chi connectivity index (χ3n) is 4.78. The molecule has 152 valence electrons. The number of ether oxygens (including phenoxy) is 2. The largest absolute Gasteiger partial charge is 0.573 e. The van der Waals surface area contributed by atoms with Crippen LogP contribution in [0.2, 0.25) is 5.02 Å². The van der Waals surface area contributed by atoms with E-state index in [0.717, 1.165) is 29.7 Å². The number of halogens is 4. The van der Waals surface area contributed by atoms with E-state index in [1.165, 1.54) is 12.1 Å². The normalized spacial score (nSPS) is 17.7. The first-order valence-corrected chi connectivity index (χ1v) is 9.53. The van der Waals surface area contributed by atoms with Crippen molar-refractivity contribution in [1.82, 2.24) is 10.3 Å². The fourth-order valence-corrected chi connectivity index (χ4v) is 3.46. The molecule has 0 saturated carbocycles. The van der Waals surface area contributed by atoms with Crippen LogP contribution in [-0.2, 0) is 4.74 Å². The van der Waals surface area contributed by atoms with E-state index in [2.05, 4.69) is 10.1 Å². The first kappa shape index (κ1) is 19.9. The molecule has 8 heteroatoms. The average Bonchev–Trinajstić information content (AvgIpc) is 2.64. The zero-order valence-corrected chi connectivity index (χ0v) is 16.0. The molecular weight excluding hydrogens is 405 g/mol. The lowest BCUT2D eigenvalue weighted by Crippen LogP contribution is -2.39. The molecule has 2 atom stereocenters. The van der Waals surface area contributed by atoms with Gasteiger partial charge in [-0.15, -0.1) is 13.2 Å². The van der Waals surface area contributed by atoms with E-state index < -0.39 is 6.36 Å². The molecule has 1 aromatic heterocycles. The minimum atomic E-state index is -4.72. The highest BCUT2D eigenvalue weighted by atomic mass is 35.5. The number of rotatable bonds is 6. The maximum Gasteiger partial charge on any atom is 0.573 e. The molecule has 1 fully saturated rings. The quantitative estimate of drug-likeness (QED) is 0.589. The van der Waals surface area contributed by atoms with Crippen molar-refractivity contribution < 1.29 is 22.6 Å². The standard InChI is InChI=1S/C21H18ClF3N2O2/c22-17-3-1-2-13-6-9-18(27-19(13)17)20(26-12-16-10-11-28-16)14-4-7-15(8-5-14)29-21(23,24)25/h1-9,16,20,26H,10-12H2. The van der Waals surface area contributed by atoms with Crippen LogP contribution in [0.25, 0.3) is 10.9 Å². The molecule has 4 nitrogen and oxygen atoms in total. The van der Waals surface area contributed by atoms with E-state index in [9.17, 15) is 13.2 Å². The second-order valence-corrected chi connectivity index (χ2v) is 7.19. The predicted octanol–water partition coefficient (Wildman–Crippen LogP) is 5.25. The summed E-state index contributed by atoms with van der Waals surface area (Å²) in [5.41, 5.74) is 2.16. The Hall–Kier alpha value is -2.35. The van der Waals surface area contributed by atoms with Crippen LogP contribution in [0.1, 0.15) is 23.7 Å². The zero-order chi connectivity index (χ0) is 20.4. The molecule has 2 aromatic carbocycles. The molecule has 0 amide bonds. The molecular formula is C21H18ClF3N2O2. The lowest BCUT2D eigenvalue weighted by atomic mass is 10.0. The summed E-state index contributed by atoms with van der Waals surface area (Å²) in [5, 5.41) is 4.87. The molecule has 2 heterocycles. The molecule has 2 unspecified atom stereocenters. The Kier molecular flexibility index (Phi) is 5.63. The Morgan fingerprint density at radius 1 is 1.14 bits per heavy atom. The van der Waals surface area contributed by atoms with Gasteiger partial charge in [0.05, 0.1) is 28.4 Å². The van der Waals surface area contributed by atoms with Crippen molar-refractivity contribution >= 4 is 22.5 Å². The fourth-order valence-electron chi connectivity index (χ4n) is 3.24. The van der Waals surface area contributed by atoms with Gasteiger partial charge in [0.15, 0.2) is 0 Å². The number of pyridine rings is 1. The fraction of sp³-hybridized carbons (Fsp3) is 0.286. The van der Waals surface area contributed by atoms with E-state index in [4.69, 9.17) is 21.3 Å². The summed E-state index contributed by atoms with van der Waals surface area (Å²) in [4.78, 5) is 4.71. The monoisotopic (exact) mass is 422 g/mol. The van der Waals surface area contributed by atoms with Crippen molar-refractivity contribution in [2.24, 2.45) is 0 Å². The number of aromatic nitrogens is 1. The second kappa shape index (κ2) is 8.18. The van der Waals surface area contributed by atoms with Gasteiger partial charge in [0.2, 0.25) is 0 Å². The van der Waals surface area contributed by atoms with E-state index >= 15 is 0 Å². The van der Waals surface area contributed by atoms with Crippen molar-refractivity contribution in [3.8, 4) is 5.75 Å². The lowest BCUT2D eigenvalue weighted by Gasteiger charge is -2.29. The van der Waals surface area contributed by atoms with Crippen LogP contribution in [-0.4, -0.2) is 30.6 Å². The van der Waals surface area contributed by atoms with Crippen molar-refractivity contribution in [2.45, 2.75) is 24.9 Å². The number of fused-ring (bicyclic) bond motifs is 1. The van der Waals surface area contributed by atoms with E-state index in [1.807, 2.05) is 24.3 Å². The van der Waals surface area contributed by atoms with E-state index in [-0.39, 0.29) is 17.9 Å². The topological polar surface area (TPSA) is 43.4 Å². The van der Waals surface area contributed by atoms with Crippen LogP contribution in [0.3, 0.4) is 0 Å². The molecule has 0 aliphatic carbocycles. The number of alkyl halides is 3. The summed E-state index contributed by atoms with van der Waals surface area (Å²) in [7, 11) is 0. The number of hydrogen-bond acceptors (Lipinski definition) is 4. The Bertz CT molecular complexity index is 991. The van der Waals surface area contributed by atoms with Crippen molar-refractivity contribution in [3.63, 3.8) is 0 Å². The van der Waals surface area contributed by atoms with Crippen LogP contribution in [0.5, 0.6) is 5.75 Å². The SMILES string of the molecule is FC(F)(F)Oc1ccc(C(NCC2CCO2)c2ccc3cccc(Cl)c3n2)cc1. The summed E-state index contributed by atoms with van der Waals surface area (Å²) >= 11 is 6.30. The molecule has 3 aromatic rings. The average molecular weight is 423 g/mol. The first-order valence-electron chi connectivity index (χ1n) is 9.15. The summed E-state index contributed by atoms with van der Waals surface area (Å²) in [6.45, 7) is 1.35. The number of hydrogen-bond donors (Lipinski definition) is 1. The number of benzene rings is 2. The molecule has 1 aliphatic heterocycles. The molecule has 0 radical (unpaired) electrons. The van der Waals surface area contributed by atoms with Gasteiger partial charge in [-0.25, -0.2) is 4.98 Å².